The number of hydrogen-bond donors (Lipinski definition) is 1. The van der Waals surface area contributed by atoms with Crippen LogP contribution in [0.1, 0.15) is 24.5 Å². The van der Waals surface area contributed by atoms with Crippen LogP contribution in [0.4, 0.5) is 0 Å². The minimum Gasteiger partial charge on any atom is -0.490 e. The Morgan fingerprint density at radius 3 is 2.69 bits per heavy atom. The van der Waals surface area contributed by atoms with Crippen LogP contribution in [-0.2, 0) is 17.9 Å². The molecule has 0 spiro atoms. The van der Waals surface area contributed by atoms with Crippen molar-refractivity contribution in [2.45, 2.75) is 26.5 Å². The van der Waals surface area contributed by atoms with Crippen LogP contribution in [0.3, 0.4) is 0 Å². The summed E-state index contributed by atoms with van der Waals surface area (Å²) in [4.78, 5) is 2.46. The summed E-state index contributed by atoms with van der Waals surface area (Å²) < 4.78 is 17.2. The zero-order chi connectivity index (χ0) is 20.3. The second kappa shape index (κ2) is 12.0. The van der Waals surface area contributed by atoms with Crippen molar-refractivity contribution in [2.75, 3.05) is 46.0 Å². The Balaban J connectivity index is 1.46. The second-order valence-electron chi connectivity index (χ2n) is 7.12. The number of rotatable bonds is 11. The summed E-state index contributed by atoms with van der Waals surface area (Å²) in [5, 5.41) is 4.24. The average Bonchev–Trinajstić information content (AvgIpc) is 2.74. The van der Waals surface area contributed by atoms with E-state index in [1.54, 1.807) is 0 Å². The maximum Gasteiger partial charge on any atom is 0.161 e. The van der Waals surface area contributed by atoms with E-state index in [9.17, 15) is 0 Å². The van der Waals surface area contributed by atoms with Crippen molar-refractivity contribution in [2.24, 2.45) is 0 Å². The molecule has 0 unspecified atom stereocenters. The maximum absolute atomic E-state index is 6.05. The Morgan fingerprint density at radius 2 is 1.90 bits per heavy atom. The van der Waals surface area contributed by atoms with Gasteiger partial charge in [-0.05, 0) is 61.8 Å². The SMILES string of the molecule is CCOc1cc(CNCCCN2CCOCC2)ccc1OCc1cccc(Cl)c1. The van der Waals surface area contributed by atoms with Crippen molar-refractivity contribution in [3.8, 4) is 11.5 Å². The van der Waals surface area contributed by atoms with Crippen molar-refractivity contribution >= 4 is 11.6 Å². The maximum atomic E-state index is 6.05. The molecule has 1 fully saturated rings. The topological polar surface area (TPSA) is 43.0 Å². The Kier molecular flexibility index (Phi) is 9.09. The van der Waals surface area contributed by atoms with Crippen molar-refractivity contribution in [3.05, 3.63) is 58.6 Å². The molecule has 158 valence electrons. The van der Waals surface area contributed by atoms with Gasteiger partial charge in [-0.2, -0.15) is 0 Å². The Hall–Kier alpha value is -1.79. The normalized spacial score (nSPS) is 14.7. The minimum absolute atomic E-state index is 0.458. The largest absolute Gasteiger partial charge is 0.490 e. The third-order valence-electron chi connectivity index (χ3n) is 4.85. The number of ether oxygens (including phenoxy) is 3. The molecule has 1 N–H and O–H groups in total. The van der Waals surface area contributed by atoms with Crippen LogP contribution in [0, 0.1) is 0 Å². The van der Waals surface area contributed by atoms with Gasteiger partial charge >= 0.3 is 0 Å². The molecule has 1 heterocycles. The van der Waals surface area contributed by atoms with Gasteiger partial charge in [-0.3, -0.25) is 4.90 Å². The smallest absolute Gasteiger partial charge is 0.161 e. The number of morpholine rings is 1. The number of hydrogen-bond acceptors (Lipinski definition) is 5. The Morgan fingerprint density at radius 1 is 1.03 bits per heavy atom. The van der Waals surface area contributed by atoms with Gasteiger partial charge in [-0.1, -0.05) is 29.8 Å². The number of benzene rings is 2. The lowest BCUT2D eigenvalue weighted by Gasteiger charge is -2.26. The van der Waals surface area contributed by atoms with E-state index in [0.717, 1.165) is 69.4 Å². The van der Waals surface area contributed by atoms with Crippen LogP contribution in [-0.4, -0.2) is 50.9 Å². The molecule has 1 saturated heterocycles. The molecule has 6 heteroatoms. The van der Waals surface area contributed by atoms with Crippen molar-refractivity contribution in [1.82, 2.24) is 10.2 Å². The molecule has 0 saturated carbocycles. The second-order valence-corrected chi connectivity index (χ2v) is 7.55. The molecule has 1 aliphatic heterocycles. The zero-order valence-corrected chi connectivity index (χ0v) is 17.9. The third kappa shape index (κ3) is 7.52. The predicted molar refractivity (Wildman–Crippen MR) is 117 cm³/mol. The molecule has 0 aromatic heterocycles. The van der Waals surface area contributed by atoms with Gasteiger partial charge in [0.25, 0.3) is 0 Å². The molecular weight excluding hydrogens is 388 g/mol. The van der Waals surface area contributed by atoms with E-state index in [-0.39, 0.29) is 0 Å². The summed E-state index contributed by atoms with van der Waals surface area (Å²) in [6.07, 6.45) is 1.14. The molecule has 0 radical (unpaired) electrons. The summed E-state index contributed by atoms with van der Waals surface area (Å²) >= 11 is 6.05. The highest BCUT2D eigenvalue weighted by atomic mass is 35.5. The van der Waals surface area contributed by atoms with Crippen LogP contribution >= 0.6 is 11.6 Å². The summed E-state index contributed by atoms with van der Waals surface area (Å²) in [6.45, 7) is 9.80. The van der Waals surface area contributed by atoms with Gasteiger partial charge in [0.05, 0.1) is 19.8 Å². The highest BCUT2D eigenvalue weighted by molar-refractivity contribution is 6.30. The molecule has 2 aromatic rings. The molecule has 3 rings (SSSR count). The monoisotopic (exact) mass is 418 g/mol. The van der Waals surface area contributed by atoms with Gasteiger partial charge in [-0.25, -0.2) is 0 Å². The first-order chi connectivity index (χ1) is 14.2. The fraction of sp³-hybridized carbons (Fsp3) is 0.478. The van der Waals surface area contributed by atoms with Crippen molar-refractivity contribution in [1.29, 1.82) is 0 Å². The zero-order valence-electron chi connectivity index (χ0n) is 17.2. The fourth-order valence-electron chi connectivity index (χ4n) is 3.32. The van der Waals surface area contributed by atoms with Gasteiger partial charge in [0.15, 0.2) is 11.5 Å². The van der Waals surface area contributed by atoms with Crippen LogP contribution in [0.5, 0.6) is 11.5 Å². The van der Waals surface area contributed by atoms with Crippen LogP contribution in [0.15, 0.2) is 42.5 Å². The van der Waals surface area contributed by atoms with E-state index in [1.807, 2.05) is 37.3 Å². The molecule has 0 aliphatic carbocycles. The minimum atomic E-state index is 0.458. The first-order valence-electron chi connectivity index (χ1n) is 10.4. The van der Waals surface area contributed by atoms with Crippen molar-refractivity contribution < 1.29 is 14.2 Å². The van der Waals surface area contributed by atoms with Crippen LogP contribution in [0.25, 0.3) is 0 Å². The molecule has 0 bridgehead atoms. The average molecular weight is 419 g/mol. The third-order valence-corrected chi connectivity index (χ3v) is 5.09. The summed E-state index contributed by atoms with van der Waals surface area (Å²) in [6, 6.07) is 13.8. The summed E-state index contributed by atoms with van der Waals surface area (Å²) in [7, 11) is 0. The van der Waals surface area contributed by atoms with Crippen molar-refractivity contribution in [3.63, 3.8) is 0 Å². The van der Waals surface area contributed by atoms with Gasteiger partial charge in [0.2, 0.25) is 0 Å². The Labute approximate surface area is 178 Å². The standard InChI is InChI=1S/C23H31ClN2O3/c1-2-28-23-16-19(17-25-9-4-10-26-11-13-27-14-12-26)7-8-22(23)29-18-20-5-3-6-21(24)15-20/h3,5-8,15-16,25H,2,4,9-14,17-18H2,1H3. The lowest BCUT2D eigenvalue weighted by Crippen LogP contribution is -2.37. The lowest BCUT2D eigenvalue weighted by atomic mass is 10.2. The van der Waals surface area contributed by atoms with E-state index in [2.05, 4.69) is 22.3 Å². The van der Waals surface area contributed by atoms with Crippen LogP contribution in [0.2, 0.25) is 5.02 Å². The molecule has 5 nitrogen and oxygen atoms in total. The van der Waals surface area contributed by atoms with Gasteiger partial charge < -0.3 is 19.5 Å². The fourth-order valence-corrected chi connectivity index (χ4v) is 3.54. The molecule has 2 aromatic carbocycles. The first-order valence-corrected chi connectivity index (χ1v) is 10.8. The van der Waals surface area contributed by atoms with E-state index >= 15 is 0 Å². The highest BCUT2D eigenvalue weighted by Gasteiger charge is 2.10. The summed E-state index contributed by atoms with van der Waals surface area (Å²) in [5.41, 5.74) is 2.22. The molecule has 0 atom stereocenters. The highest BCUT2D eigenvalue weighted by Crippen LogP contribution is 2.29. The Bertz CT molecular complexity index is 751. The lowest BCUT2D eigenvalue weighted by molar-refractivity contribution is 0.0374. The van der Waals surface area contributed by atoms with E-state index in [1.165, 1.54) is 5.56 Å². The number of nitrogens with zero attached hydrogens (tertiary/aromatic N) is 1. The number of nitrogens with one attached hydrogen (secondary N) is 1. The number of halogens is 1. The quantitative estimate of drug-likeness (QED) is 0.556. The first kappa shape index (κ1) is 21.9. The summed E-state index contributed by atoms with van der Waals surface area (Å²) in [5.74, 6) is 1.53. The molecular formula is C23H31ClN2O3. The predicted octanol–water partition coefficient (Wildman–Crippen LogP) is 4.13. The van der Waals surface area contributed by atoms with E-state index < -0.39 is 0 Å². The van der Waals surface area contributed by atoms with E-state index in [0.29, 0.717) is 18.2 Å². The molecule has 0 amide bonds. The van der Waals surface area contributed by atoms with Gasteiger partial charge in [0.1, 0.15) is 6.61 Å². The molecule has 1 aliphatic rings. The van der Waals surface area contributed by atoms with Gasteiger partial charge in [0, 0.05) is 24.7 Å². The molecule has 29 heavy (non-hydrogen) atoms. The van der Waals surface area contributed by atoms with Gasteiger partial charge in [-0.15, -0.1) is 0 Å². The van der Waals surface area contributed by atoms with E-state index in [4.69, 9.17) is 25.8 Å². The van der Waals surface area contributed by atoms with Crippen LogP contribution < -0.4 is 14.8 Å².